The topological polar surface area (TPSA) is 75.7 Å². The molecule has 6 nitrogen and oxygen atoms in total. The van der Waals surface area contributed by atoms with E-state index < -0.39 is 16.0 Å². The summed E-state index contributed by atoms with van der Waals surface area (Å²) < 4.78 is 33.7. The number of sulfonamides is 1. The number of esters is 1. The number of methoxy groups -OCH3 is 1. The Morgan fingerprint density at radius 2 is 1.77 bits per heavy atom. The number of hydrogen-bond donors (Lipinski definition) is 1. The van der Waals surface area contributed by atoms with Crippen LogP contribution in [-0.2, 0) is 14.8 Å². The number of ether oxygens (including phenoxy) is 1. The maximum atomic E-state index is 12.8. The molecule has 138 valence electrons. The van der Waals surface area contributed by atoms with Crippen molar-refractivity contribution in [1.29, 1.82) is 0 Å². The summed E-state index contributed by atoms with van der Waals surface area (Å²) in [6.45, 7) is 1.70. The Labute approximate surface area is 161 Å². The molecule has 0 amide bonds. The third-order valence-corrected chi connectivity index (χ3v) is 6.14. The van der Waals surface area contributed by atoms with Crippen LogP contribution in [0, 0.1) is 0 Å². The first-order valence-electron chi connectivity index (χ1n) is 8.16. The van der Waals surface area contributed by atoms with Crippen molar-refractivity contribution in [2.24, 2.45) is 0 Å². The van der Waals surface area contributed by atoms with Gasteiger partial charge in [0.25, 0.3) is 10.0 Å². The molecule has 0 radical (unpaired) electrons. The third-order valence-electron chi connectivity index (χ3n) is 4.23. The molecule has 0 aromatic heterocycles. The Morgan fingerprint density at radius 1 is 1.12 bits per heavy atom. The fourth-order valence-corrected chi connectivity index (χ4v) is 4.24. The monoisotopic (exact) mass is 438 g/mol. The standard InChI is InChI=1S/C18H19BrN2O4S/c1-25-18(22)13-4-9-17(21-10-2-3-11-21)16(12-13)20-26(23,24)15-7-5-14(19)6-8-15/h4-9,12,20H,2-3,10-11H2,1H3. The summed E-state index contributed by atoms with van der Waals surface area (Å²) in [5, 5.41) is 0. The predicted molar refractivity (Wildman–Crippen MR) is 104 cm³/mol. The second kappa shape index (κ2) is 7.67. The van der Waals surface area contributed by atoms with Gasteiger partial charge in [-0.15, -0.1) is 0 Å². The van der Waals surface area contributed by atoms with Crippen molar-refractivity contribution in [3.63, 3.8) is 0 Å². The second-order valence-electron chi connectivity index (χ2n) is 5.98. The molecule has 0 saturated carbocycles. The zero-order valence-corrected chi connectivity index (χ0v) is 16.6. The van der Waals surface area contributed by atoms with Crippen LogP contribution in [0.3, 0.4) is 0 Å². The van der Waals surface area contributed by atoms with Crippen LogP contribution in [0.5, 0.6) is 0 Å². The number of carbonyl (C=O) groups is 1. The minimum Gasteiger partial charge on any atom is -0.465 e. The quantitative estimate of drug-likeness (QED) is 0.721. The summed E-state index contributed by atoms with van der Waals surface area (Å²) in [6.07, 6.45) is 2.11. The smallest absolute Gasteiger partial charge is 0.337 e. The van der Waals surface area contributed by atoms with Gasteiger partial charge in [0, 0.05) is 17.6 Å². The molecule has 8 heteroatoms. The third kappa shape index (κ3) is 4.02. The molecule has 1 N–H and O–H groups in total. The molecular weight excluding hydrogens is 420 g/mol. The fourth-order valence-electron chi connectivity index (χ4n) is 2.91. The van der Waals surface area contributed by atoms with E-state index in [1.54, 1.807) is 24.3 Å². The van der Waals surface area contributed by atoms with Crippen LogP contribution in [0.2, 0.25) is 0 Å². The van der Waals surface area contributed by atoms with Crippen molar-refractivity contribution in [3.05, 3.63) is 52.5 Å². The van der Waals surface area contributed by atoms with Crippen LogP contribution in [0.25, 0.3) is 0 Å². The van der Waals surface area contributed by atoms with E-state index in [0.29, 0.717) is 11.3 Å². The summed E-state index contributed by atoms with van der Waals surface area (Å²) in [7, 11) is -2.49. The second-order valence-corrected chi connectivity index (χ2v) is 8.58. The lowest BCUT2D eigenvalue weighted by Gasteiger charge is -2.22. The first-order valence-corrected chi connectivity index (χ1v) is 10.4. The summed E-state index contributed by atoms with van der Waals surface area (Å²) in [5.74, 6) is -0.512. The normalized spacial score (nSPS) is 14.3. The highest BCUT2D eigenvalue weighted by Crippen LogP contribution is 2.32. The molecular formula is C18H19BrN2O4S. The fraction of sp³-hybridized carbons (Fsp3) is 0.278. The Balaban J connectivity index is 2.00. The van der Waals surface area contributed by atoms with Crippen LogP contribution in [0.15, 0.2) is 51.8 Å². The highest BCUT2D eigenvalue weighted by molar-refractivity contribution is 9.10. The summed E-state index contributed by atoms with van der Waals surface area (Å²) in [6, 6.07) is 11.3. The molecule has 1 heterocycles. The van der Waals surface area contributed by atoms with Gasteiger partial charge in [-0.2, -0.15) is 0 Å². The van der Waals surface area contributed by atoms with Gasteiger partial charge in [-0.1, -0.05) is 15.9 Å². The van der Waals surface area contributed by atoms with Crippen LogP contribution in [0.4, 0.5) is 11.4 Å². The maximum Gasteiger partial charge on any atom is 0.337 e. The van der Waals surface area contributed by atoms with Crippen LogP contribution < -0.4 is 9.62 Å². The lowest BCUT2D eigenvalue weighted by Crippen LogP contribution is -2.22. The maximum absolute atomic E-state index is 12.8. The summed E-state index contributed by atoms with van der Waals surface area (Å²) >= 11 is 3.30. The number of nitrogens with one attached hydrogen (secondary N) is 1. The van der Waals surface area contributed by atoms with E-state index >= 15 is 0 Å². The molecule has 0 aliphatic carbocycles. The van der Waals surface area contributed by atoms with Crippen molar-refractivity contribution in [3.8, 4) is 0 Å². The minimum absolute atomic E-state index is 0.150. The molecule has 0 spiro atoms. The Bertz CT molecular complexity index is 907. The number of hydrogen-bond acceptors (Lipinski definition) is 5. The van der Waals surface area contributed by atoms with Crippen LogP contribution in [-0.4, -0.2) is 34.6 Å². The van der Waals surface area contributed by atoms with Crippen molar-refractivity contribution < 1.29 is 17.9 Å². The molecule has 26 heavy (non-hydrogen) atoms. The van der Waals surface area contributed by atoms with Gasteiger partial charge in [-0.25, -0.2) is 13.2 Å². The van der Waals surface area contributed by atoms with Gasteiger partial charge in [-0.3, -0.25) is 4.72 Å². The number of benzene rings is 2. The molecule has 1 aliphatic rings. The SMILES string of the molecule is COC(=O)c1ccc(N2CCCC2)c(NS(=O)(=O)c2ccc(Br)cc2)c1. The Kier molecular flexibility index (Phi) is 5.52. The number of nitrogens with zero attached hydrogens (tertiary/aromatic N) is 1. The molecule has 1 fully saturated rings. The van der Waals surface area contributed by atoms with Crippen molar-refractivity contribution >= 4 is 43.3 Å². The molecule has 0 unspecified atom stereocenters. The van der Waals surface area contributed by atoms with E-state index in [1.807, 2.05) is 0 Å². The summed E-state index contributed by atoms with van der Waals surface area (Å²) in [5.41, 5.74) is 1.43. The van der Waals surface area contributed by atoms with Crippen LogP contribution >= 0.6 is 15.9 Å². The zero-order valence-electron chi connectivity index (χ0n) is 14.2. The van der Waals surface area contributed by atoms with E-state index in [0.717, 1.165) is 36.1 Å². The summed E-state index contributed by atoms with van der Waals surface area (Å²) in [4.78, 5) is 14.1. The van der Waals surface area contributed by atoms with Crippen molar-refractivity contribution in [1.82, 2.24) is 0 Å². The zero-order chi connectivity index (χ0) is 18.7. The number of anilines is 2. The van der Waals surface area contributed by atoms with Gasteiger partial charge in [0.05, 0.1) is 28.9 Å². The molecule has 1 aliphatic heterocycles. The Hall–Kier alpha value is -2.06. The average molecular weight is 439 g/mol. The van der Waals surface area contributed by atoms with Gasteiger partial charge in [0.2, 0.25) is 0 Å². The highest BCUT2D eigenvalue weighted by atomic mass is 79.9. The van der Waals surface area contributed by atoms with E-state index in [-0.39, 0.29) is 4.90 Å². The van der Waals surface area contributed by atoms with Gasteiger partial charge in [0.1, 0.15) is 0 Å². The first kappa shape index (κ1) is 18.7. The largest absolute Gasteiger partial charge is 0.465 e. The molecule has 0 bridgehead atoms. The van der Waals surface area contributed by atoms with E-state index in [2.05, 4.69) is 25.6 Å². The van der Waals surface area contributed by atoms with E-state index in [9.17, 15) is 13.2 Å². The molecule has 2 aromatic carbocycles. The lowest BCUT2D eigenvalue weighted by molar-refractivity contribution is 0.0601. The van der Waals surface area contributed by atoms with Gasteiger partial charge >= 0.3 is 5.97 Å². The number of carbonyl (C=O) groups excluding carboxylic acids is 1. The van der Waals surface area contributed by atoms with Gasteiger partial charge in [-0.05, 0) is 55.3 Å². The van der Waals surface area contributed by atoms with Gasteiger partial charge < -0.3 is 9.64 Å². The Morgan fingerprint density at radius 3 is 2.38 bits per heavy atom. The average Bonchev–Trinajstić information content (AvgIpc) is 3.15. The van der Waals surface area contributed by atoms with Crippen LogP contribution in [0.1, 0.15) is 23.2 Å². The predicted octanol–water partition coefficient (Wildman–Crippen LogP) is 3.64. The van der Waals surface area contributed by atoms with E-state index in [4.69, 9.17) is 4.74 Å². The molecule has 2 aromatic rings. The first-order chi connectivity index (χ1) is 12.4. The van der Waals surface area contributed by atoms with E-state index in [1.165, 1.54) is 25.3 Å². The number of halogens is 1. The minimum atomic E-state index is -3.78. The molecule has 1 saturated heterocycles. The number of rotatable bonds is 5. The van der Waals surface area contributed by atoms with Crippen molar-refractivity contribution in [2.75, 3.05) is 29.8 Å². The lowest BCUT2D eigenvalue weighted by atomic mass is 10.1. The molecule has 3 rings (SSSR count). The van der Waals surface area contributed by atoms with Crippen molar-refractivity contribution in [2.45, 2.75) is 17.7 Å². The highest BCUT2D eigenvalue weighted by Gasteiger charge is 2.22. The van der Waals surface area contributed by atoms with Gasteiger partial charge in [0.15, 0.2) is 0 Å². The molecule has 0 atom stereocenters.